The fourth-order valence-corrected chi connectivity index (χ4v) is 9.12. The summed E-state index contributed by atoms with van der Waals surface area (Å²) >= 11 is 6.11. The topological polar surface area (TPSA) is 71.0 Å². The highest BCUT2D eigenvalue weighted by atomic mass is 35.5. The van der Waals surface area contributed by atoms with Gasteiger partial charge in [-0.3, -0.25) is 0 Å². The van der Waals surface area contributed by atoms with Gasteiger partial charge in [0.05, 0.1) is 11.2 Å². The quantitative estimate of drug-likeness (QED) is 0.165. The summed E-state index contributed by atoms with van der Waals surface area (Å²) in [6.07, 6.45) is 0. The van der Waals surface area contributed by atoms with Gasteiger partial charge in [-0.2, -0.15) is 0 Å². The SMILES string of the molecule is CC1(C)OB(c2ccc3c(c2)oc2cc(-c4cccc5c4oc4ccccc45)ccc23)OC1(C)C.Clc1ccc2c(c1)oc1cc(-c3cccc4c3oc3ccccc34)ccc12. The zero-order chi connectivity index (χ0) is 41.9. The van der Waals surface area contributed by atoms with Crippen molar-refractivity contribution in [2.75, 3.05) is 0 Å². The van der Waals surface area contributed by atoms with Crippen LogP contribution in [0.5, 0.6) is 0 Å². The third-order valence-electron chi connectivity index (χ3n) is 12.9. The third-order valence-corrected chi connectivity index (χ3v) is 13.1. The van der Waals surface area contributed by atoms with Gasteiger partial charge in [0.15, 0.2) is 0 Å². The molecule has 1 saturated heterocycles. The van der Waals surface area contributed by atoms with Gasteiger partial charge in [-0.25, -0.2) is 0 Å². The lowest BCUT2D eigenvalue weighted by Crippen LogP contribution is -2.41. The fourth-order valence-electron chi connectivity index (χ4n) is 8.95. The summed E-state index contributed by atoms with van der Waals surface area (Å²) < 4.78 is 37.3. The summed E-state index contributed by atoms with van der Waals surface area (Å²) in [7, 11) is -0.418. The van der Waals surface area contributed by atoms with E-state index in [4.69, 9.17) is 38.6 Å². The third kappa shape index (κ3) is 5.80. The zero-order valence-corrected chi connectivity index (χ0v) is 35.2. The minimum atomic E-state index is -0.418. The fraction of sp³-hybridized carbons (Fsp3) is 0.111. The lowest BCUT2D eigenvalue weighted by molar-refractivity contribution is 0.00578. The molecule has 6 nitrogen and oxygen atoms in total. The first-order chi connectivity index (χ1) is 30.1. The Kier molecular flexibility index (Phi) is 8.13. The number of hydrogen-bond donors (Lipinski definition) is 0. The van der Waals surface area contributed by atoms with Crippen LogP contribution in [-0.2, 0) is 9.31 Å². The van der Waals surface area contributed by atoms with Gasteiger partial charge in [0.25, 0.3) is 0 Å². The molecule has 0 amide bonds. The Morgan fingerprint density at radius 2 is 0.790 bits per heavy atom. The largest absolute Gasteiger partial charge is 0.494 e. The van der Waals surface area contributed by atoms with Crippen LogP contribution in [0.3, 0.4) is 0 Å². The molecule has 300 valence electrons. The lowest BCUT2D eigenvalue weighted by atomic mass is 9.79. The van der Waals surface area contributed by atoms with Crippen LogP contribution in [0.4, 0.5) is 0 Å². The second kappa shape index (κ2) is 13.6. The van der Waals surface area contributed by atoms with Crippen LogP contribution in [0.1, 0.15) is 27.7 Å². The predicted octanol–water partition coefficient (Wildman–Crippen LogP) is 15.3. The van der Waals surface area contributed by atoms with Gasteiger partial charge in [0, 0.05) is 65.3 Å². The van der Waals surface area contributed by atoms with Crippen molar-refractivity contribution in [3.05, 3.63) is 163 Å². The molecule has 1 aliphatic rings. The van der Waals surface area contributed by atoms with E-state index in [1.165, 1.54) is 0 Å². The van der Waals surface area contributed by atoms with E-state index in [2.05, 4.69) is 125 Å². The second-order valence-corrected chi connectivity index (χ2v) is 17.6. The summed E-state index contributed by atoms with van der Waals surface area (Å²) in [6.45, 7) is 8.27. The van der Waals surface area contributed by atoms with Gasteiger partial charge in [-0.1, -0.05) is 109 Å². The van der Waals surface area contributed by atoms with E-state index < -0.39 is 7.12 Å². The van der Waals surface area contributed by atoms with Crippen LogP contribution in [-0.4, -0.2) is 18.3 Å². The number of rotatable bonds is 3. The highest BCUT2D eigenvalue weighted by Crippen LogP contribution is 2.41. The van der Waals surface area contributed by atoms with Crippen LogP contribution in [0.15, 0.2) is 175 Å². The second-order valence-electron chi connectivity index (χ2n) is 17.2. The average Bonchev–Trinajstić information content (AvgIpc) is 4.08. The van der Waals surface area contributed by atoms with Crippen LogP contribution in [0.2, 0.25) is 5.02 Å². The molecule has 4 aromatic heterocycles. The minimum Gasteiger partial charge on any atom is -0.456 e. The van der Waals surface area contributed by atoms with E-state index in [1.807, 2.05) is 60.7 Å². The molecule has 8 heteroatoms. The summed E-state index contributed by atoms with van der Waals surface area (Å²) in [6, 6.07) is 53.5. The van der Waals surface area contributed by atoms with Gasteiger partial charge in [0.2, 0.25) is 0 Å². The van der Waals surface area contributed by atoms with Crippen molar-refractivity contribution >= 4 is 112 Å². The Hall–Kier alpha value is -6.77. The van der Waals surface area contributed by atoms with Gasteiger partial charge in [-0.05, 0) is 98.9 Å². The van der Waals surface area contributed by atoms with E-state index in [9.17, 15) is 0 Å². The highest BCUT2D eigenvalue weighted by molar-refractivity contribution is 6.62. The van der Waals surface area contributed by atoms with Crippen molar-refractivity contribution in [2.45, 2.75) is 38.9 Å². The first-order valence-electron chi connectivity index (χ1n) is 20.8. The van der Waals surface area contributed by atoms with Gasteiger partial charge in [0.1, 0.15) is 44.7 Å². The number of benzene rings is 8. The van der Waals surface area contributed by atoms with Crippen molar-refractivity contribution in [1.82, 2.24) is 0 Å². The normalized spacial score (nSPS) is 15.0. The van der Waals surface area contributed by atoms with Crippen molar-refractivity contribution in [2.24, 2.45) is 0 Å². The smallest absolute Gasteiger partial charge is 0.456 e. The molecule has 62 heavy (non-hydrogen) atoms. The van der Waals surface area contributed by atoms with Gasteiger partial charge in [-0.15, -0.1) is 0 Å². The summed E-state index contributed by atoms with van der Waals surface area (Å²) in [5.74, 6) is 0. The first kappa shape index (κ1) is 37.0. The molecular formula is C54H38BClO6. The molecule has 0 aliphatic carbocycles. The number of fused-ring (bicyclic) bond motifs is 12. The molecule has 13 rings (SSSR count). The number of halogens is 1. The Morgan fingerprint density at radius 1 is 0.371 bits per heavy atom. The summed E-state index contributed by atoms with van der Waals surface area (Å²) in [5, 5.41) is 9.50. The number of para-hydroxylation sites is 4. The standard InChI is InChI=1S/C30H25BO4.C24H13ClO2/c1-29(2)30(3,4)35-31(34-29)19-13-15-23-22-14-12-18(16-26(22)32-27(23)17-19)20-9-7-10-24-21-8-5-6-11-25(21)33-28(20)24;25-15-9-11-19-18-10-8-14(12-22(18)26-23(19)13-15)16-5-3-6-20-17-4-1-2-7-21(17)27-24(16)20/h5-17H,1-4H3;1-13H. The Morgan fingerprint density at radius 3 is 1.32 bits per heavy atom. The maximum Gasteiger partial charge on any atom is 0.494 e. The molecule has 0 spiro atoms. The molecule has 0 saturated carbocycles. The van der Waals surface area contributed by atoms with E-state index in [0.717, 1.165) is 115 Å². The van der Waals surface area contributed by atoms with E-state index in [1.54, 1.807) is 0 Å². The van der Waals surface area contributed by atoms with Crippen LogP contribution in [0.25, 0.3) is 110 Å². The Bertz CT molecular complexity index is 3740. The van der Waals surface area contributed by atoms with E-state index >= 15 is 0 Å². The molecule has 0 unspecified atom stereocenters. The number of hydrogen-bond acceptors (Lipinski definition) is 6. The van der Waals surface area contributed by atoms with Gasteiger partial charge >= 0.3 is 7.12 Å². The van der Waals surface area contributed by atoms with Crippen LogP contribution >= 0.6 is 11.6 Å². The van der Waals surface area contributed by atoms with Crippen molar-refractivity contribution in [3.63, 3.8) is 0 Å². The zero-order valence-electron chi connectivity index (χ0n) is 34.4. The molecule has 0 bridgehead atoms. The molecule has 0 radical (unpaired) electrons. The number of furan rings is 4. The molecule has 1 aliphatic heterocycles. The Balaban J connectivity index is 0.000000137. The monoisotopic (exact) mass is 828 g/mol. The maximum atomic E-state index is 6.35. The van der Waals surface area contributed by atoms with E-state index in [-0.39, 0.29) is 11.2 Å². The van der Waals surface area contributed by atoms with Crippen LogP contribution in [0, 0.1) is 0 Å². The van der Waals surface area contributed by atoms with Gasteiger partial charge < -0.3 is 27.0 Å². The minimum absolute atomic E-state index is 0.382. The molecule has 0 atom stereocenters. The maximum absolute atomic E-state index is 6.35. The van der Waals surface area contributed by atoms with Crippen molar-refractivity contribution in [3.8, 4) is 22.3 Å². The Labute approximate surface area is 361 Å². The highest BCUT2D eigenvalue weighted by Gasteiger charge is 2.51. The first-order valence-corrected chi connectivity index (χ1v) is 21.2. The summed E-state index contributed by atoms with van der Waals surface area (Å²) in [5.41, 5.74) is 11.4. The average molecular weight is 829 g/mol. The molecular weight excluding hydrogens is 791 g/mol. The molecule has 5 heterocycles. The molecule has 8 aromatic carbocycles. The van der Waals surface area contributed by atoms with Crippen molar-refractivity contribution < 1.29 is 27.0 Å². The van der Waals surface area contributed by atoms with E-state index in [0.29, 0.717) is 5.02 Å². The van der Waals surface area contributed by atoms with Crippen LogP contribution < -0.4 is 5.46 Å². The molecule has 1 fully saturated rings. The van der Waals surface area contributed by atoms with Crippen molar-refractivity contribution in [1.29, 1.82) is 0 Å². The predicted molar refractivity (Wildman–Crippen MR) is 254 cm³/mol. The molecule has 0 N–H and O–H groups in total. The summed E-state index contributed by atoms with van der Waals surface area (Å²) in [4.78, 5) is 0. The lowest BCUT2D eigenvalue weighted by Gasteiger charge is -2.32. The molecule has 12 aromatic rings.